The van der Waals surface area contributed by atoms with Crippen LogP contribution in [0.3, 0.4) is 0 Å². The van der Waals surface area contributed by atoms with E-state index in [-0.39, 0.29) is 5.91 Å². The van der Waals surface area contributed by atoms with E-state index in [1.54, 1.807) is 31.5 Å². The number of benzene rings is 1. The monoisotopic (exact) mass is 375 g/mol. The van der Waals surface area contributed by atoms with Gasteiger partial charge in [0.25, 0.3) is 5.91 Å². The molecule has 0 aliphatic rings. The number of rotatable bonds is 8. The smallest absolute Gasteiger partial charge is 0.274 e. The number of aryl methyl sites for hydroxylation is 1. The van der Waals surface area contributed by atoms with E-state index in [2.05, 4.69) is 29.0 Å². The lowest BCUT2D eigenvalue weighted by Crippen LogP contribution is -2.25. The van der Waals surface area contributed by atoms with Gasteiger partial charge >= 0.3 is 0 Å². The molecule has 1 aromatic carbocycles. The van der Waals surface area contributed by atoms with Gasteiger partial charge in [-0.05, 0) is 43.5 Å². The molecule has 6 heteroatoms. The molecule has 0 spiro atoms. The lowest BCUT2D eigenvalue weighted by atomic mass is 10.2. The number of hydrogen-bond acceptors (Lipinski definition) is 4. The summed E-state index contributed by atoms with van der Waals surface area (Å²) >= 11 is 6.11. The van der Waals surface area contributed by atoms with Crippen molar-refractivity contribution in [2.45, 2.75) is 33.6 Å². The predicted octanol–water partition coefficient (Wildman–Crippen LogP) is 4.93. The van der Waals surface area contributed by atoms with Crippen LogP contribution in [0.1, 0.15) is 42.7 Å². The molecule has 0 saturated carbocycles. The highest BCUT2D eigenvalue weighted by Crippen LogP contribution is 2.31. The van der Waals surface area contributed by atoms with Gasteiger partial charge in [-0.15, -0.1) is 0 Å². The standard InChI is InChI=1S/C20H26ClN3O2/c1-5-9-24(10-6-2)15-7-8-17(22-13-15)20(25)23-18-11-14(3)16(21)12-19(18)26-4/h7-8,11-13H,5-6,9-10H2,1-4H3,(H,23,25). The molecule has 2 aromatic rings. The van der Waals surface area contributed by atoms with Crippen LogP contribution in [0, 0.1) is 6.92 Å². The van der Waals surface area contributed by atoms with Crippen LogP contribution in [0.4, 0.5) is 11.4 Å². The largest absolute Gasteiger partial charge is 0.495 e. The van der Waals surface area contributed by atoms with Crippen molar-refractivity contribution in [1.82, 2.24) is 4.98 Å². The van der Waals surface area contributed by atoms with E-state index in [0.717, 1.165) is 37.2 Å². The van der Waals surface area contributed by atoms with Gasteiger partial charge in [0, 0.05) is 24.2 Å². The first-order valence-corrected chi connectivity index (χ1v) is 9.24. The van der Waals surface area contributed by atoms with Crippen molar-refractivity contribution in [2.24, 2.45) is 0 Å². The van der Waals surface area contributed by atoms with Crippen LogP contribution >= 0.6 is 11.6 Å². The molecule has 1 heterocycles. The number of hydrogen-bond donors (Lipinski definition) is 1. The van der Waals surface area contributed by atoms with Crippen molar-refractivity contribution in [1.29, 1.82) is 0 Å². The van der Waals surface area contributed by atoms with E-state index in [0.29, 0.717) is 22.2 Å². The Morgan fingerprint density at radius 3 is 2.46 bits per heavy atom. The maximum Gasteiger partial charge on any atom is 0.274 e. The van der Waals surface area contributed by atoms with E-state index >= 15 is 0 Å². The van der Waals surface area contributed by atoms with E-state index in [4.69, 9.17) is 16.3 Å². The van der Waals surface area contributed by atoms with Crippen LogP contribution in [0.2, 0.25) is 5.02 Å². The molecule has 0 saturated heterocycles. The molecule has 0 bridgehead atoms. The van der Waals surface area contributed by atoms with Gasteiger partial charge in [0.2, 0.25) is 0 Å². The first-order valence-electron chi connectivity index (χ1n) is 8.86. The first-order chi connectivity index (χ1) is 12.5. The highest BCUT2D eigenvalue weighted by atomic mass is 35.5. The number of anilines is 2. The molecule has 0 aliphatic carbocycles. The summed E-state index contributed by atoms with van der Waals surface area (Å²) in [7, 11) is 1.54. The third-order valence-electron chi connectivity index (χ3n) is 4.06. The highest BCUT2D eigenvalue weighted by Gasteiger charge is 2.14. The van der Waals surface area contributed by atoms with Crippen LogP contribution in [-0.4, -0.2) is 31.1 Å². The van der Waals surface area contributed by atoms with Crippen molar-refractivity contribution >= 4 is 28.9 Å². The summed E-state index contributed by atoms with van der Waals surface area (Å²) in [5.41, 5.74) is 2.83. The zero-order chi connectivity index (χ0) is 19.1. The Hall–Kier alpha value is -2.27. The number of carbonyl (C=O) groups is 1. The van der Waals surface area contributed by atoms with Gasteiger partial charge < -0.3 is 15.0 Å². The Morgan fingerprint density at radius 1 is 1.23 bits per heavy atom. The van der Waals surface area contributed by atoms with Crippen molar-refractivity contribution in [2.75, 3.05) is 30.4 Å². The fourth-order valence-electron chi connectivity index (χ4n) is 2.73. The molecule has 1 amide bonds. The molecule has 1 N–H and O–H groups in total. The van der Waals surface area contributed by atoms with Crippen molar-refractivity contribution < 1.29 is 9.53 Å². The zero-order valence-electron chi connectivity index (χ0n) is 15.8. The van der Waals surface area contributed by atoms with Gasteiger partial charge in [0.15, 0.2) is 0 Å². The number of nitrogens with one attached hydrogen (secondary N) is 1. The van der Waals surface area contributed by atoms with Crippen LogP contribution in [0.5, 0.6) is 5.75 Å². The molecule has 0 unspecified atom stereocenters. The van der Waals surface area contributed by atoms with Gasteiger partial charge in [0.05, 0.1) is 24.7 Å². The third-order valence-corrected chi connectivity index (χ3v) is 4.47. The van der Waals surface area contributed by atoms with Crippen molar-refractivity contribution in [3.8, 4) is 5.75 Å². The number of halogens is 1. The van der Waals surface area contributed by atoms with Gasteiger partial charge in [-0.25, -0.2) is 4.98 Å². The Labute approximate surface area is 160 Å². The molecule has 140 valence electrons. The molecule has 0 aliphatic heterocycles. The molecule has 26 heavy (non-hydrogen) atoms. The number of carbonyl (C=O) groups excluding carboxylic acids is 1. The molecule has 0 radical (unpaired) electrons. The Kier molecular flexibility index (Phi) is 7.27. The van der Waals surface area contributed by atoms with Crippen molar-refractivity contribution in [3.63, 3.8) is 0 Å². The van der Waals surface area contributed by atoms with E-state index < -0.39 is 0 Å². The topological polar surface area (TPSA) is 54.5 Å². The summed E-state index contributed by atoms with van der Waals surface area (Å²) in [6, 6.07) is 7.17. The summed E-state index contributed by atoms with van der Waals surface area (Å²) in [5.74, 6) is 0.233. The maximum atomic E-state index is 12.5. The average Bonchev–Trinajstić information content (AvgIpc) is 2.64. The first kappa shape index (κ1) is 20.0. The number of methoxy groups -OCH3 is 1. The summed E-state index contributed by atoms with van der Waals surface area (Å²) in [4.78, 5) is 19.1. The molecular formula is C20H26ClN3O2. The molecule has 0 atom stereocenters. The molecule has 1 aromatic heterocycles. The van der Waals surface area contributed by atoms with Crippen LogP contribution in [-0.2, 0) is 0 Å². The molecule has 0 fully saturated rings. The van der Waals surface area contributed by atoms with E-state index in [1.165, 1.54) is 0 Å². The second-order valence-corrected chi connectivity index (χ2v) is 6.55. The Bertz CT molecular complexity index is 741. The number of ether oxygens (including phenoxy) is 1. The second-order valence-electron chi connectivity index (χ2n) is 6.14. The predicted molar refractivity (Wildman–Crippen MR) is 108 cm³/mol. The number of aromatic nitrogens is 1. The number of amides is 1. The van der Waals surface area contributed by atoms with E-state index in [9.17, 15) is 4.79 Å². The quantitative estimate of drug-likeness (QED) is 0.710. The lowest BCUT2D eigenvalue weighted by molar-refractivity contribution is 0.102. The Morgan fingerprint density at radius 2 is 1.92 bits per heavy atom. The minimum Gasteiger partial charge on any atom is -0.495 e. The van der Waals surface area contributed by atoms with Gasteiger partial charge in [-0.2, -0.15) is 0 Å². The average molecular weight is 376 g/mol. The molecular weight excluding hydrogens is 350 g/mol. The Balaban J connectivity index is 2.17. The zero-order valence-corrected chi connectivity index (χ0v) is 16.6. The minimum atomic E-state index is -0.283. The van der Waals surface area contributed by atoms with Gasteiger partial charge in [0.1, 0.15) is 11.4 Å². The minimum absolute atomic E-state index is 0.283. The SMILES string of the molecule is CCCN(CCC)c1ccc(C(=O)Nc2cc(C)c(Cl)cc2OC)nc1. The summed E-state index contributed by atoms with van der Waals surface area (Å²) < 4.78 is 5.30. The second kappa shape index (κ2) is 9.43. The van der Waals surface area contributed by atoms with Gasteiger partial charge in [-0.1, -0.05) is 25.4 Å². The van der Waals surface area contributed by atoms with Crippen molar-refractivity contribution in [3.05, 3.63) is 46.7 Å². The highest BCUT2D eigenvalue weighted by molar-refractivity contribution is 6.31. The third kappa shape index (κ3) is 4.88. The number of pyridine rings is 1. The normalized spacial score (nSPS) is 10.5. The maximum absolute atomic E-state index is 12.5. The molecule has 2 rings (SSSR count). The summed E-state index contributed by atoms with van der Waals surface area (Å²) in [5, 5.41) is 3.44. The number of nitrogens with zero attached hydrogens (tertiary/aromatic N) is 2. The van der Waals surface area contributed by atoms with E-state index in [1.807, 2.05) is 13.0 Å². The lowest BCUT2D eigenvalue weighted by Gasteiger charge is -2.23. The van der Waals surface area contributed by atoms with Gasteiger partial charge in [-0.3, -0.25) is 4.79 Å². The molecule has 5 nitrogen and oxygen atoms in total. The fraction of sp³-hybridized carbons (Fsp3) is 0.400. The summed E-state index contributed by atoms with van der Waals surface area (Å²) in [6.07, 6.45) is 3.89. The van der Waals surface area contributed by atoms with Crippen LogP contribution in [0.15, 0.2) is 30.5 Å². The van der Waals surface area contributed by atoms with Crippen LogP contribution in [0.25, 0.3) is 0 Å². The fourth-order valence-corrected chi connectivity index (χ4v) is 2.89. The summed E-state index contributed by atoms with van der Waals surface area (Å²) in [6.45, 7) is 8.13. The van der Waals surface area contributed by atoms with Crippen LogP contribution < -0.4 is 15.0 Å².